The van der Waals surface area contributed by atoms with Crippen molar-refractivity contribution in [1.29, 1.82) is 0 Å². The molecule has 1 N–H and O–H groups in total. The smallest absolute Gasteiger partial charge is 0.335 e. The van der Waals surface area contributed by atoms with Crippen LogP contribution in [0.25, 0.3) is 0 Å². The number of nitrogens with zero attached hydrogens (tertiary/aromatic N) is 2. The number of benzene rings is 2. The summed E-state index contributed by atoms with van der Waals surface area (Å²) < 4.78 is 0. The molecule has 2 aromatic rings. The monoisotopic (exact) mass is 324 g/mol. The third kappa shape index (κ3) is 4.22. The minimum Gasteiger partial charge on any atom is -0.478 e. The van der Waals surface area contributed by atoms with Crippen LogP contribution in [0.3, 0.4) is 0 Å². The van der Waals surface area contributed by atoms with Gasteiger partial charge in [0.1, 0.15) is 0 Å². The van der Waals surface area contributed by atoms with Gasteiger partial charge >= 0.3 is 5.97 Å². The number of aryl methyl sites for hydroxylation is 1. The molecule has 0 aromatic heterocycles. The highest BCUT2D eigenvalue weighted by Crippen LogP contribution is 2.14. The van der Waals surface area contributed by atoms with E-state index in [4.69, 9.17) is 5.11 Å². The highest BCUT2D eigenvalue weighted by atomic mass is 16.4. The van der Waals surface area contributed by atoms with Gasteiger partial charge in [-0.3, -0.25) is 9.80 Å². The van der Waals surface area contributed by atoms with E-state index in [2.05, 4.69) is 41.0 Å². The minimum absolute atomic E-state index is 0.349. The molecule has 0 spiro atoms. The zero-order valence-electron chi connectivity index (χ0n) is 14.1. The molecule has 2 aromatic carbocycles. The molecule has 0 atom stereocenters. The Balaban J connectivity index is 1.50. The summed E-state index contributed by atoms with van der Waals surface area (Å²) in [4.78, 5) is 15.8. The maximum atomic E-state index is 10.9. The standard InChI is InChI=1S/C20H24N2O2/c1-16-4-2-3-5-19(16)15-22-12-10-21(11-13-22)14-17-6-8-18(9-7-17)20(23)24/h2-9H,10-15H2,1H3,(H,23,24). The first-order valence-corrected chi connectivity index (χ1v) is 8.43. The van der Waals surface area contributed by atoms with Crippen LogP contribution in [0.4, 0.5) is 0 Å². The van der Waals surface area contributed by atoms with Crippen molar-refractivity contribution in [2.75, 3.05) is 26.2 Å². The van der Waals surface area contributed by atoms with Crippen molar-refractivity contribution in [1.82, 2.24) is 9.80 Å². The Hall–Kier alpha value is -2.17. The summed E-state index contributed by atoms with van der Waals surface area (Å²) in [7, 11) is 0. The average Bonchev–Trinajstić information content (AvgIpc) is 2.59. The number of piperazine rings is 1. The van der Waals surface area contributed by atoms with Crippen molar-refractivity contribution >= 4 is 5.97 Å². The topological polar surface area (TPSA) is 43.8 Å². The number of carbonyl (C=O) groups is 1. The molecule has 4 heteroatoms. The van der Waals surface area contributed by atoms with Gasteiger partial charge in [0.15, 0.2) is 0 Å². The Morgan fingerprint density at radius 2 is 1.50 bits per heavy atom. The SMILES string of the molecule is Cc1ccccc1CN1CCN(Cc2ccc(C(=O)O)cc2)CC1. The third-order valence-corrected chi connectivity index (χ3v) is 4.73. The van der Waals surface area contributed by atoms with Crippen LogP contribution >= 0.6 is 0 Å². The molecule has 1 saturated heterocycles. The van der Waals surface area contributed by atoms with Crippen LogP contribution in [0, 0.1) is 6.92 Å². The first-order valence-electron chi connectivity index (χ1n) is 8.43. The zero-order chi connectivity index (χ0) is 16.9. The Kier molecular flexibility index (Phi) is 5.28. The number of carboxylic acids is 1. The van der Waals surface area contributed by atoms with Crippen LogP contribution in [-0.4, -0.2) is 47.1 Å². The van der Waals surface area contributed by atoms with E-state index in [1.807, 2.05) is 12.1 Å². The Morgan fingerprint density at radius 1 is 0.917 bits per heavy atom. The molecule has 1 fully saturated rings. The quantitative estimate of drug-likeness (QED) is 0.918. The van der Waals surface area contributed by atoms with Gasteiger partial charge in [-0.2, -0.15) is 0 Å². The lowest BCUT2D eigenvalue weighted by molar-refractivity contribution is 0.0697. The first kappa shape index (κ1) is 16.7. The molecule has 0 unspecified atom stereocenters. The third-order valence-electron chi connectivity index (χ3n) is 4.73. The summed E-state index contributed by atoms with van der Waals surface area (Å²) in [5.41, 5.74) is 4.29. The highest BCUT2D eigenvalue weighted by molar-refractivity contribution is 5.87. The summed E-state index contributed by atoms with van der Waals surface area (Å²) in [5, 5.41) is 8.95. The van der Waals surface area contributed by atoms with E-state index >= 15 is 0 Å². The fourth-order valence-corrected chi connectivity index (χ4v) is 3.14. The lowest BCUT2D eigenvalue weighted by Gasteiger charge is -2.35. The van der Waals surface area contributed by atoms with E-state index in [-0.39, 0.29) is 0 Å². The number of hydrogen-bond donors (Lipinski definition) is 1. The second kappa shape index (κ2) is 7.60. The molecule has 24 heavy (non-hydrogen) atoms. The van der Waals surface area contributed by atoms with Crippen molar-refractivity contribution in [3.63, 3.8) is 0 Å². The van der Waals surface area contributed by atoms with Gasteiger partial charge in [0.2, 0.25) is 0 Å². The van der Waals surface area contributed by atoms with Crippen LogP contribution in [0.1, 0.15) is 27.0 Å². The van der Waals surface area contributed by atoms with Crippen LogP contribution in [0.5, 0.6) is 0 Å². The van der Waals surface area contributed by atoms with Gasteiger partial charge in [-0.05, 0) is 35.7 Å². The second-order valence-electron chi connectivity index (χ2n) is 6.48. The van der Waals surface area contributed by atoms with E-state index in [0.29, 0.717) is 5.56 Å². The number of aromatic carboxylic acids is 1. The van der Waals surface area contributed by atoms with Crippen LogP contribution < -0.4 is 0 Å². The van der Waals surface area contributed by atoms with Crippen molar-refractivity contribution in [2.24, 2.45) is 0 Å². The minimum atomic E-state index is -0.869. The van der Waals surface area contributed by atoms with Gasteiger partial charge in [-0.25, -0.2) is 4.79 Å². The largest absolute Gasteiger partial charge is 0.478 e. The average molecular weight is 324 g/mol. The maximum Gasteiger partial charge on any atom is 0.335 e. The van der Waals surface area contributed by atoms with E-state index in [1.165, 1.54) is 16.7 Å². The zero-order valence-corrected chi connectivity index (χ0v) is 14.1. The summed E-state index contributed by atoms with van der Waals surface area (Å²) >= 11 is 0. The molecule has 0 aliphatic carbocycles. The van der Waals surface area contributed by atoms with Crippen LogP contribution in [0.2, 0.25) is 0 Å². The van der Waals surface area contributed by atoms with E-state index in [0.717, 1.165) is 39.3 Å². The Morgan fingerprint density at radius 3 is 2.08 bits per heavy atom. The first-order chi connectivity index (χ1) is 11.6. The molecule has 0 saturated carbocycles. The lowest BCUT2D eigenvalue weighted by Crippen LogP contribution is -2.45. The lowest BCUT2D eigenvalue weighted by atomic mass is 10.1. The number of rotatable bonds is 5. The molecule has 1 aliphatic rings. The maximum absolute atomic E-state index is 10.9. The number of hydrogen-bond acceptors (Lipinski definition) is 3. The molecular weight excluding hydrogens is 300 g/mol. The molecule has 4 nitrogen and oxygen atoms in total. The Bertz CT molecular complexity index is 689. The normalized spacial score (nSPS) is 16.2. The fraction of sp³-hybridized carbons (Fsp3) is 0.350. The van der Waals surface area contributed by atoms with E-state index < -0.39 is 5.97 Å². The predicted molar refractivity (Wildman–Crippen MR) is 95.1 cm³/mol. The predicted octanol–water partition coefficient (Wildman–Crippen LogP) is 3.01. The van der Waals surface area contributed by atoms with Gasteiger partial charge in [-0.15, -0.1) is 0 Å². The molecule has 126 valence electrons. The molecular formula is C20H24N2O2. The van der Waals surface area contributed by atoms with Crippen LogP contribution in [0.15, 0.2) is 48.5 Å². The molecule has 0 bridgehead atoms. The molecule has 1 heterocycles. The molecule has 3 rings (SSSR count). The molecule has 0 radical (unpaired) electrons. The van der Waals surface area contributed by atoms with Crippen molar-refractivity contribution in [2.45, 2.75) is 20.0 Å². The van der Waals surface area contributed by atoms with E-state index in [1.54, 1.807) is 12.1 Å². The molecule has 0 amide bonds. The fourth-order valence-electron chi connectivity index (χ4n) is 3.14. The Labute approximate surface area is 143 Å². The highest BCUT2D eigenvalue weighted by Gasteiger charge is 2.17. The van der Waals surface area contributed by atoms with Gasteiger partial charge in [0.25, 0.3) is 0 Å². The summed E-state index contributed by atoms with van der Waals surface area (Å²) in [5.74, 6) is -0.869. The number of carboxylic acid groups (broad SMARTS) is 1. The van der Waals surface area contributed by atoms with Crippen molar-refractivity contribution in [3.05, 3.63) is 70.8 Å². The summed E-state index contributed by atoms with van der Waals surface area (Å²) in [6.45, 7) is 8.32. The van der Waals surface area contributed by atoms with Crippen LogP contribution in [-0.2, 0) is 13.1 Å². The molecule has 1 aliphatic heterocycles. The van der Waals surface area contributed by atoms with E-state index in [9.17, 15) is 4.79 Å². The summed E-state index contributed by atoms with van der Waals surface area (Å²) in [6, 6.07) is 15.8. The second-order valence-corrected chi connectivity index (χ2v) is 6.48. The van der Waals surface area contributed by atoms with Crippen molar-refractivity contribution < 1.29 is 9.90 Å². The van der Waals surface area contributed by atoms with Gasteiger partial charge in [-0.1, -0.05) is 36.4 Å². The van der Waals surface area contributed by atoms with Gasteiger partial charge in [0, 0.05) is 39.3 Å². The van der Waals surface area contributed by atoms with Gasteiger partial charge < -0.3 is 5.11 Å². The van der Waals surface area contributed by atoms with Gasteiger partial charge in [0.05, 0.1) is 5.56 Å². The summed E-state index contributed by atoms with van der Waals surface area (Å²) in [6.07, 6.45) is 0. The van der Waals surface area contributed by atoms with Crippen molar-refractivity contribution in [3.8, 4) is 0 Å².